The van der Waals surface area contributed by atoms with Crippen molar-refractivity contribution in [3.8, 4) is 0 Å². The molecule has 11 heteroatoms. The zero-order valence-electron chi connectivity index (χ0n) is 21.2. The van der Waals surface area contributed by atoms with Crippen molar-refractivity contribution < 1.29 is 22.4 Å². The monoisotopic (exact) mass is 522 g/mol. The number of aromatic nitrogens is 2. The van der Waals surface area contributed by atoms with Crippen LogP contribution in [0.15, 0.2) is 36.7 Å². The number of anilines is 1. The summed E-state index contributed by atoms with van der Waals surface area (Å²) in [7, 11) is 0. The van der Waals surface area contributed by atoms with E-state index in [9.17, 15) is 22.4 Å². The summed E-state index contributed by atoms with van der Waals surface area (Å²) in [5.74, 6) is -0.829. The topological polar surface area (TPSA) is 64.6 Å². The van der Waals surface area contributed by atoms with Gasteiger partial charge in [0, 0.05) is 38.3 Å². The molecule has 2 amide bonds. The molecule has 1 aromatic heterocycles. The molecule has 37 heavy (non-hydrogen) atoms. The number of carbonyl (C=O) groups excluding carboxylic acids is 1. The third-order valence-electron chi connectivity index (χ3n) is 7.24. The molecule has 2 saturated heterocycles. The molecule has 2 fully saturated rings. The largest absolute Gasteiger partial charge is 0.451 e. The van der Waals surface area contributed by atoms with Crippen molar-refractivity contribution in [2.45, 2.75) is 57.9 Å². The Kier molecular flexibility index (Phi) is 8.51. The number of hydrogen-bond donors (Lipinski definition) is 1. The molecule has 0 spiro atoms. The molecule has 1 N–H and O–H groups in total. The first-order valence-electron chi connectivity index (χ1n) is 12.8. The Morgan fingerprint density at radius 2 is 1.73 bits per heavy atom. The molecule has 0 radical (unpaired) electrons. The van der Waals surface area contributed by atoms with E-state index in [1.165, 1.54) is 18.5 Å². The molecule has 2 atom stereocenters. The Morgan fingerprint density at radius 3 is 2.32 bits per heavy atom. The Morgan fingerprint density at radius 1 is 1.08 bits per heavy atom. The van der Waals surface area contributed by atoms with E-state index in [2.05, 4.69) is 20.2 Å². The minimum Gasteiger partial charge on any atom is -0.365 e. The number of amides is 2. The lowest BCUT2D eigenvalue weighted by Crippen LogP contribution is -2.61. The maximum absolute atomic E-state index is 13.4. The third kappa shape index (κ3) is 7.09. The number of rotatable bonds is 6. The van der Waals surface area contributed by atoms with Gasteiger partial charge in [0.2, 0.25) is 5.82 Å². The average molecular weight is 523 g/mol. The summed E-state index contributed by atoms with van der Waals surface area (Å²) in [4.78, 5) is 25.9. The smallest absolute Gasteiger partial charge is 0.365 e. The van der Waals surface area contributed by atoms with E-state index >= 15 is 0 Å². The van der Waals surface area contributed by atoms with Crippen LogP contribution in [0.5, 0.6) is 0 Å². The highest BCUT2D eigenvalue weighted by atomic mass is 19.4. The lowest BCUT2D eigenvalue weighted by atomic mass is 9.93. The van der Waals surface area contributed by atoms with E-state index in [-0.39, 0.29) is 23.9 Å². The maximum atomic E-state index is 13.4. The number of likely N-dealkylation sites (tertiary alicyclic amines) is 1. The van der Waals surface area contributed by atoms with E-state index in [4.69, 9.17) is 0 Å². The second-order valence-electron chi connectivity index (χ2n) is 10.1. The first-order valence-corrected chi connectivity index (χ1v) is 12.8. The number of piperidine rings is 1. The van der Waals surface area contributed by atoms with E-state index in [0.717, 1.165) is 44.5 Å². The number of hydrogen-bond acceptors (Lipinski definition) is 5. The summed E-state index contributed by atoms with van der Waals surface area (Å²) in [5.41, 5.74) is 1.50. The SMILES string of the molecule is C[C@@H]1CN(c2cnc(C(F)(F)F)nc2)C[C@H](C)N1C(=O)NCCC1CCN(Cc2cccc(F)c2)CC1. The highest BCUT2D eigenvalue weighted by Crippen LogP contribution is 2.28. The maximum Gasteiger partial charge on any atom is 0.451 e. The molecule has 2 aliphatic heterocycles. The van der Waals surface area contributed by atoms with Crippen LogP contribution in [0.4, 0.5) is 28.0 Å². The van der Waals surface area contributed by atoms with Crippen molar-refractivity contribution in [2.75, 3.05) is 37.6 Å². The van der Waals surface area contributed by atoms with Crippen LogP contribution >= 0.6 is 0 Å². The Labute approximate surface area is 214 Å². The minimum atomic E-state index is -4.57. The molecule has 2 aliphatic rings. The number of benzene rings is 1. The molecule has 0 aliphatic carbocycles. The highest BCUT2D eigenvalue weighted by molar-refractivity contribution is 5.75. The van der Waals surface area contributed by atoms with Gasteiger partial charge >= 0.3 is 12.2 Å². The van der Waals surface area contributed by atoms with Crippen LogP contribution in [0.1, 0.15) is 44.5 Å². The van der Waals surface area contributed by atoms with E-state index in [0.29, 0.717) is 31.2 Å². The molecule has 2 aromatic rings. The van der Waals surface area contributed by atoms with Crippen molar-refractivity contribution in [2.24, 2.45) is 5.92 Å². The molecule has 202 valence electrons. The van der Waals surface area contributed by atoms with Crippen LogP contribution in [0.3, 0.4) is 0 Å². The van der Waals surface area contributed by atoms with Gasteiger partial charge in [0.05, 0.1) is 18.1 Å². The fraction of sp³-hybridized carbons (Fsp3) is 0.577. The van der Waals surface area contributed by atoms with E-state index < -0.39 is 12.0 Å². The normalized spacial score (nSPS) is 21.8. The van der Waals surface area contributed by atoms with Crippen LogP contribution in [-0.4, -0.2) is 70.6 Å². The second-order valence-corrected chi connectivity index (χ2v) is 10.1. The molecular weight excluding hydrogens is 488 g/mol. The Hall–Kier alpha value is -2.95. The summed E-state index contributed by atoms with van der Waals surface area (Å²) in [6.07, 6.45) is 0.807. The molecule has 0 bridgehead atoms. The zero-order valence-corrected chi connectivity index (χ0v) is 21.2. The van der Waals surface area contributed by atoms with Crippen LogP contribution in [0, 0.1) is 11.7 Å². The van der Waals surface area contributed by atoms with Crippen LogP contribution in [0.2, 0.25) is 0 Å². The number of piperazine rings is 1. The highest BCUT2D eigenvalue weighted by Gasteiger charge is 2.36. The van der Waals surface area contributed by atoms with Gasteiger partial charge in [-0.25, -0.2) is 19.2 Å². The average Bonchev–Trinajstić information content (AvgIpc) is 2.84. The fourth-order valence-electron chi connectivity index (χ4n) is 5.37. The molecule has 3 heterocycles. The van der Waals surface area contributed by atoms with Crippen molar-refractivity contribution in [1.29, 1.82) is 0 Å². The summed E-state index contributed by atoms with van der Waals surface area (Å²) < 4.78 is 51.7. The summed E-state index contributed by atoms with van der Waals surface area (Å²) >= 11 is 0. The zero-order chi connectivity index (χ0) is 26.6. The molecule has 7 nitrogen and oxygen atoms in total. The van der Waals surface area contributed by atoms with Gasteiger partial charge in [-0.2, -0.15) is 13.2 Å². The quantitative estimate of drug-likeness (QED) is 0.565. The molecular formula is C26H34F4N6O. The Balaban J connectivity index is 1.19. The molecule has 0 saturated carbocycles. The second kappa shape index (κ2) is 11.6. The molecule has 0 unspecified atom stereocenters. The van der Waals surface area contributed by atoms with E-state index in [1.807, 2.05) is 29.7 Å². The standard InChI is InChI=1S/C26H34F4N6O/c1-18-15-35(23-13-32-24(33-14-23)26(28,29)30)16-19(2)36(18)25(37)31-9-6-20-7-10-34(11-8-20)17-21-4-3-5-22(27)12-21/h3-5,12-14,18-20H,6-11,15-17H2,1-2H3,(H,31,37)/t18-,19+. The lowest BCUT2D eigenvalue weighted by Gasteiger charge is -2.45. The Bertz CT molecular complexity index is 1030. The van der Waals surface area contributed by atoms with Crippen molar-refractivity contribution >= 4 is 11.7 Å². The summed E-state index contributed by atoms with van der Waals surface area (Å²) in [6.45, 7) is 8.09. The number of nitrogens with zero attached hydrogens (tertiary/aromatic N) is 5. The van der Waals surface area contributed by atoms with Gasteiger partial charge in [-0.15, -0.1) is 0 Å². The first kappa shape index (κ1) is 27.1. The van der Waals surface area contributed by atoms with Gasteiger partial charge in [0.15, 0.2) is 0 Å². The van der Waals surface area contributed by atoms with Gasteiger partial charge in [-0.05, 0) is 69.8 Å². The first-order chi connectivity index (χ1) is 17.6. The number of nitrogens with one attached hydrogen (secondary N) is 1. The van der Waals surface area contributed by atoms with Crippen LogP contribution in [-0.2, 0) is 12.7 Å². The predicted octanol–water partition coefficient (Wildman–Crippen LogP) is 4.55. The van der Waals surface area contributed by atoms with Gasteiger partial charge in [-0.3, -0.25) is 4.90 Å². The number of alkyl halides is 3. The summed E-state index contributed by atoms with van der Waals surface area (Å²) in [6, 6.07) is 6.36. The van der Waals surface area contributed by atoms with Gasteiger partial charge < -0.3 is 15.1 Å². The third-order valence-corrected chi connectivity index (χ3v) is 7.24. The van der Waals surface area contributed by atoms with Crippen molar-refractivity contribution in [3.05, 3.63) is 53.9 Å². The van der Waals surface area contributed by atoms with Gasteiger partial charge in [0.25, 0.3) is 0 Å². The number of halogens is 4. The lowest BCUT2D eigenvalue weighted by molar-refractivity contribution is -0.145. The fourth-order valence-corrected chi connectivity index (χ4v) is 5.37. The minimum absolute atomic E-state index is 0.119. The van der Waals surface area contributed by atoms with Crippen LogP contribution < -0.4 is 10.2 Å². The molecule has 1 aromatic carbocycles. The molecule has 4 rings (SSSR count). The van der Waals surface area contributed by atoms with Crippen molar-refractivity contribution in [3.63, 3.8) is 0 Å². The summed E-state index contributed by atoms with van der Waals surface area (Å²) in [5, 5.41) is 3.06. The van der Waals surface area contributed by atoms with Gasteiger partial charge in [0.1, 0.15) is 5.82 Å². The van der Waals surface area contributed by atoms with Gasteiger partial charge in [-0.1, -0.05) is 12.1 Å². The number of carbonyl (C=O) groups is 1. The van der Waals surface area contributed by atoms with E-state index in [1.54, 1.807) is 12.1 Å². The van der Waals surface area contributed by atoms with Crippen molar-refractivity contribution in [1.82, 2.24) is 25.1 Å². The predicted molar refractivity (Wildman–Crippen MR) is 132 cm³/mol. The number of urea groups is 1. The van der Waals surface area contributed by atoms with Crippen LogP contribution in [0.25, 0.3) is 0 Å².